The normalized spacial score (nSPS) is 12.2. The van der Waals surface area contributed by atoms with E-state index in [1.807, 2.05) is 0 Å². The molecule has 1 aromatic carbocycles. The zero-order chi connectivity index (χ0) is 12.3. The molecule has 6 heteroatoms. The Labute approximate surface area is 89.9 Å². The highest BCUT2D eigenvalue weighted by Gasteiger charge is 2.25. The number of carboxylic acid groups (broad SMARTS) is 1. The first kappa shape index (κ1) is 12.3. The number of benzene rings is 1. The number of ketones is 1. The van der Waals surface area contributed by atoms with Gasteiger partial charge in [0.05, 0.1) is 0 Å². The maximum absolute atomic E-state index is 12.8. The molecule has 16 heavy (non-hydrogen) atoms. The minimum absolute atomic E-state index is 0.194. The van der Waals surface area contributed by atoms with Crippen LogP contribution in [0.4, 0.5) is 8.78 Å². The summed E-state index contributed by atoms with van der Waals surface area (Å²) >= 11 is 0. The zero-order valence-electron chi connectivity index (χ0n) is 8.33. The number of halogens is 2. The van der Waals surface area contributed by atoms with E-state index in [-0.39, 0.29) is 5.56 Å². The Kier molecular flexibility index (Phi) is 3.68. The van der Waals surface area contributed by atoms with Crippen molar-refractivity contribution in [1.29, 1.82) is 0 Å². The Morgan fingerprint density at radius 2 is 1.94 bits per heavy atom. The standard InChI is InChI=1S/C10H9F2NO3/c1-13-8(10(15)16)9(14)5-2-3-6(11)7(12)4-5/h2-4,8,13H,1H3,(H,15,16). The van der Waals surface area contributed by atoms with Crippen LogP contribution in [-0.2, 0) is 4.79 Å². The predicted octanol–water partition coefficient (Wildman–Crippen LogP) is 0.820. The van der Waals surface area contributed by atoms with Crippen LogP contribution in [0.5, 0.6) is 0 Å². The zero-order valence-corrected chi connectivity index (χ0v) is 8.33. The first-order valence-corrected chi connectivity index (χ1v) is 4.36. The lowest BCUT2D eigenvalue weighted by Crippen LogP contribution is -2.41. The van der Waals surface area contributed by atoms with Gasteiger partial charge >= 0.3 is 5.97 Å². The molecule has 0 bridgehead atoms. The fourth-order valence-electron chi connectivity index (χ4n) is 1.18. The third-order valence-corrected chi connectivity index (χ3v) is 2.00. The average Bonchev–Trinajstić information content (AvgIpc) is 2.22. The summed E-state index contributed by atoms with van der Waals surface area (Å²) in [5.74, 6) is -4.48. The van der Waals surface area contributed by atoms with Gasteiger partial charge in [-0.1, -0.05) is 0 Å². The second kappa shape index (κ2) is 4.80. The number of carboxylic acids is 1. The van der Waals surface area contributed by atoms with Gasteiger partial charge in [0.2, 0.25) is 0 Å². The number of carbonyl (C=O) groups is 2. The summed E-state index contributed by atoms with van der Waals surface area (Å²) in [5.41, 5.74) is -0.194. The van der Waals surface area contributed by atoms with Gasteiger partial charge in [0.1, 0.15) is 0 Å². The molecule has 1 rings (SSSR count). The maximum atomic E-state index is 12.8. The molecule has 0 heterocycles. The van der Waals surface area contributed by atoms with E-state index in [2.05, 4.69) is 5.32 Å². The van der Waals surface area contributed by atoms with Gasteiger partial charge < -0.3 is 10.4 Å². The predicted molar refractivity (Wildman–Crippen MR) is 51.2 cm³/mol. The Morgan fingerprint density at radius 1 is 1.31 bits per heavy atom. The number of nitrogens with one attached hydrogen (secondary N) is 1. The van der Waals surface area contributed by atoms with E-state index in [9.17, 15) is 18.4 Å². The van der Waals surface area contributed by atoms with Crippen molar-refractivity contribution in [2.75, 3.05) is 7.05 Å². The monoisotopic (exact) mass is 229 g/mol. The number of carbonyl (C=O) groups excluding carboxylic acids is 1. The SMILES string of the molecule is CNC(C(=O)O)C(=O)c1ccc(F)c(F)c1. The first-order chi connectivity index (χ1) is 7.47. The molecule has 0 saturated heterocycles. The molecule has 0 amide bonds. The minimum Gasteiger partial charge on any atom is -0.480 e. The van der Waals surface area contributed by atoms with Gasteiger partial charge in [-0.3, -0.25) is 9.59 Å². The van der Waals surface area contributed by atoms with Crippen molar-refractivity contribution in [2.45, 2.75) is 6.04 Å². The van der Waals surface area contributed by atoms with E-state index in [0.717, 1.165) is 12.1 Å². The molecule has 2 N–H and O–H groups in total. The van der Waals surface area contributed by atoms with Gasteiger partial charge in [-0.2, -0.15) is 0 Å². The lowest BCUT2D eigenvalue weighted by molar-refractivity contribution is -0.137. The fourth-order valence-corrected chi connectivity index (χ4v) is 1.18. The van der Waals surface area contributed by atoms with E-state index < -0.39 is 29.4 Å². The van der Waals surface area contributed by atoms with Crippen molar-refractivity contribution in [1.82, 2.24) is 5.32 Å². The van der Waals surface area contributed by atoms with Crippen LogP contribution in [0.3, 0.4) is 0 Å². The van der Waals surface area contributed by atoms with Crippen molar-refractivity contribution in [3.05, 3.63) is 35.4 Å². The van der Waals surface area contributed by atoms with Gasteiger partial charge in [-0.25, -0.2) is 8.78 Å². The van der Waals surface area contributed by atoms with Crippen molar-refractivity contribution >= 4 is 11.8 Å². The summed E-state index contributed by atoms with van der Waals surface area (Å²) in [5, 5.41) is 10.9. The summed E-state index contributed by atoms with van der Waals surface area (Å²) in [6.07, 6.45) is 0. The molecule has 0 fully saturated rings. The van der Waals surface area contributed by atoms with Crippen molar-refractivity contribution in [3.8, 4) is 0 Å². The van der Waals surface area contributed by atoms with Crippen LogP contribution >= 0.6 is 0 Å². The van der Waals surface area contributed by atoms with Crippen LogP contribution in [-0.4, -0.2) is 29.9 Å². The summed E-state index contributed by atoms with van der Waals surface area (Å²) in [7, 11) is 1.29. The van der Waals surface area contributed by atoms with Gasteiger partial charge in [-0.15, -0.1) is 0 Å². The third kappa shape index (κ3) is 2.40. The van der Waals surface area contributed by atoms with E-state index >= 15 is 0 Å². The number of aliphatic carboxylic acids is 1. The Balaban J connectivity index is 3.04. The maximum Gasteiger partial charge on any atom is 0.328 e. The van der Waals surface area contributed by atoms with E-state index in [4.69, 9.17) is 5.11 Å². The highest BCUT2D eigenvalue weighted by atomic mass is 19.2. The summed E-state index contributed by atoms with van der Waals surface area (Å²) in [4.78, 5) is 22.2. The van der Waals surface area contributed by atoms with Gasteiger partial charge in [-0.05, 0) is 25.2 Å². The number of Topliss-reactive ketones (excluding diaryl/α,β-unsaturated/α-hetero) is 1. The third-order valence-electron chi connectivity index (χ3n) is 2.00. The van der Waals surface area contributed by atoms with Gasteiger partial charge in [0.25, 0.3) is 0 Å². The van der Waals surface area contributed by atoms with Crippen LogP contribution in [0.25, 0.3) is 0 Å². The van der Waals surface area contributed by atoms with E-state index in [1.54, 1.807) is 0 Å². The second-order valence-electron chi connectivity index (χ2n) is 3.05. The van der Waals surface area contributed by atoms with Crippen LogP contribution in [0, 0.1) is 11.6 Å². The van der Waals surface area contributed by atoms with Gasteiger partial charge in [0, 0.05) is 5.56 Å². The van der Waals surface area contributed by atoms with Crippen LogP contribution < -0.4 is 5.32 Å². The van der Waals surface area contributed by atoms with Crippen LogP contribution in [0.15, 0.2) is 18.2 Å². The highest BCUT2D eigenvalue weighted by Crippen LogP contribution is 2.10. The second-order valence-corrected chi connectivity index (χ2v) is 3.05. The molecule has 86 valence electrons. The minimum atomic E-state index is -1.47. The Morgan fingerprint density at radius 3 is 2.38 bits per heavy atom. The smallest absolute Gasteiger partial charge is 0.328 e. The van der Waals surface area contributed by atoms with Crippen molar-refractivity contribution in [2.24, 2.45) is 0 Å². The Bertz CT molecular complexity index is 434. The highest BCUT2D eigenvalue weighted by molar-refractivity contribution is 6.11. The van der Waals surface area contributed by atoms with E-state index in [1.165, 1.54) is 7.05 Å². The van der Waals surface area contributed by atoms with E-state index in [0.29, 0.717) is 6.07 Å². The molecule has 0 spiro atoms. The average molecular weight is 229 g/mol. The largest absolute Gasteiger partial charge is 0.480 e. The fraction of sp³-hybridized carbons (Fsp3) is 0.200. The molecule has 1 unspecified atom stereocenters. The topological polar surface area (TPSA) is 66.4 Å². The summed E-state index contributed by atoms with van der Waals surface area (Å²) in [6, 6.07) is 1.01. The molecular formula is C10H9F2NO3. The summed E-state index contributed by atoms with van der Waals surface area (Å²) < 4.78 is 25.4. The molecule has 0 saturated carbocycles. The molecular weight excluding hydrogens is 220 g/mol. The van der Waals surface area contributed by atoms with Crippen molar-refractivity contribution in [3.63, 3.8) is 0 Å². The van der Waals surface area contributed by atoms with Crippen molar-refractivity contribution < 1.29 is 23.5 Å². The molecule has 1 aromatic rings. The Hall–Kier alpha value is -1.82. The lowest BCUT2D eigenvalue weighted by atomic mass is 10.0. The van der Waals surface area contributed by atoms with Crippen LogP contribution in [0.1, 0.15) is 10.4 Å². The lowest BCUT2D eigenvalue weighted by Gasteiger charge is -2.09. The molecule has 1 atom stereocenters. The summed E-state index contributed by atoms with van der Waals surface area (Å²) in [6.45, 7) is 0. The number of hydrogen-bond donors (Lipinski definition) is 2. The van der Waals surface area contributed by atoms with Gasteiger partial charge in [0.15, 0.2) is 23.5 Å². The number of hydrogen-bond acceptors (Lipinski definition) is 3. The first-order valence-electron chi connectivity index (χ1n) is 4.36. The number of likely N-dealkylation sites (N-methyl/N-ethyl adjacent to an activating group) is 1. The molecule has 4 nitrogen and oxygen atoms in total. The number of rotatable bonds is 4. The quantitative estimate of drug-likeness (QED) is 0.592. The molecule has 0 radical (unpaired) electrons. The molecule has 0 aliphatic rings. The molecule has 0 aromatic heterocycles. The molecule has 0 aliphatic heterocycles. The molecule has 0 aliphatic carbocycles. The van der Waals surface area contributed by atoms with Crippen LogP contribution in [0.2, 0.25) is 0 Å².